The van der Waals surface area contributed by atoms with Crippen molar-refractivity contribution < 1.29 is 8.42 Å². The fourth-order valence-corrected chi connectivity index (χ4v) is 3.82. The summed E-state index contributed by atoms with van der Waals surface area (Å²) >= 11 is 0. The van der Waals surface area contributed by atoms with E-state index in [-0.39, 0.29) is 0 Å². The summed E-state index contributed by atoms with van der Waals surface area (Å²) in [5.74, 6) is 0. The van der Waals surface area contributed by atoms with E-state index in [1.54, 1.807) is 18.2 Å². The van der Waals surface area contributed by atoms with Crippen LogP contribution in [0.25, 0.3) is 6.08 Å². The maximum atomic E-state index is 12.2. The number of fused-ring (bicyclic) bond motifs is 1. The summed E-state index contributed by atoms with van der Waals surface area (Å²) in [6.45, 7) is 2.20. The van der Waals surface area contributed by atoms with E-state index in [9.17, 15) is 8.42 Å². The first-order valence-electron chi connectivity index (χ1n) is 5.21. The summed E-state index contributed by atoms with van der Waals surface area (Å²) in [4.78, 5) is 2.30. The average Bonchev–Trinajstić information content (AvgIpc) is 2.86. The number of hydrogen-bond acceptors (Lipinski definition) is 4. The molecule has 0 saturated carbocycles. The zero-order valence-electron chi connectivity index (χ0n) is 8.68. The molecule has 0 unspecified atom stereocenters. The minimum atomic E-state index is -3.28. The van der Waals surface area contributed by atoms with E-state index >= 15 is 0 Å². The van der Waals surface area contributed by atoms with Crippen molar-refractivity contribution in [3.63, 3.8) is 0 Å². The van der Waals surface area contributed by atoms with Gasteiger partial charge in [-0.05, 0) is 17.7 Å². The van der Waals surface area contributed by atoms with Crippen LogP contribution < -0.4 is 5.32 Å². The largest absolute Gasteiger partial charge is 0.348 e. The van der Waals surface area contributed by atoms with Crippen LogP contribution in [0.4, 0.5) is 0 Å². The van der Waals surface area contributed by atoms with Gasteiger partial charge in [0.05, 0.1) is 11.6 Å². The molecule has 5 heteroatoms. The summed E-state index contributed by atoms with van der Waals surface area (Å²) in [5.41, 5.74) is 0.796. The van der Waals surface area contributed by atoms with Gasteiger partial charge in [0.1, 0.15) is 5.03 Å². The first kappa shape index (κ1) is 9.86. The maximum Gasteiger partial charge on any atom is 0.222 e. The van der Waals surface area contributed by atoms with Gasteiger partial charge in [-0.25, -0.2) is 8.42 Å². The summed E-state index contributed by atoms with van der Waals surface area (Å²) in [6.07, 6.45) is 1.76. The van der Waals surface area contributed by atoms with E-state index in [2.05, 4.69) is 5.32 Å². The minimum Gasteiger partial charge on any atom is -0.348 e. The zero-order chi connectivity index (χ0) is 11.2. The van der Waals surface area contributed by atoms with Crippen molar-refractivity contribution >= 4 is 15.9 Å². The summed E-state index contributed by atoms with van der Waals surface area (Å²) < 4.78 is 24.5. The topological polar surface area (TPSA) is 49.4 Å². The highest BCUT2D eigenvalue weighted by atomic mass is 32.2. The molecule has 1 saturated heterocycles. The standard InChI is InChI=1S/C11H12N2O2S/c14-16(15)10-4-2-1-3-9(10)7-11(16)13-6-5-12-8-13/h1-4,7,12H,5-6,8H2. The summed E-state index contributed by atoms with van der Waals surface area (Å²) in [7, 11) is -3.28. The normalized spacial score (nSPS) is 22.0. The molecule has 0 amide bonds. The fourth-order valence-electron chi connectivity index (χ4n) is 2.12. The fraction of sp³-hybridized carbons (Fsp3) is 0.273. The molecule has 2 heterocycles. The Balaban J connectivity index is 2.11. The van der Waals surface area contributed by atoms with Gasteiger partial charge in [0.2, 0.25) is 9.84 Å². The van der Waals surface area contributed by atoms with Crippen LogP contribution in [0.1, 0.15) is 5.56 Å². The number of rotatable bonds is 1. The van der Waals surface area contributed by atoms with Gasteiger partial charge < -0.3 is 4.90 Å². The smallest absolute Gasteiger partial charge is 0.222 e. The molecule has 0 aliphatic carbocycles. The summed E-state index contributed by atoms with van der Waals surface area (Å²) in [5, 5.41) is 3.56. The molecular weight excluding hydrogens is 224 g/mol. The van der Waals surface area contributed by atoms with Crippen molar-refractivity contribution in [1.29, 1.82) is 0 Å². The van der Waals surface area contributed by atoms with Crippen molar-refractivity contribution in [3.8, 4) is 0 Å². The predicted octanol–water partition coefficient (Wildman–Crippen LogP) is 0.635. The monoisotopic (exact) mass is 236 g/mol. The molecule has 2 aliphatic rings. The van der Waals surface area contributed by atoms with Crippen LogP contribution in [0.5, 0.6) is 0 Å². The van der Waals surface area contributed by atoms with E-state index in [4.69, 9.17) is 0 Å². The van der Waals surface area contributed by atoms with E-state index < -0.39 is 9.84 Å². The molecule has 2 aliphatic heterocycles. The van der Waals surface area contributed by atoms with Crippen molar-refractivity contribution in [3.05, 3.63) is 34.9 Å². The molecule has 1 aromatic carbocycles. The van der Waals surface area contributed by atoms with Crippen LogP contribution in [0.15, 0.2) is 34.2 Å². The molecule has 0 radical (unpaired) electrons. The minimum absolute atomic E-state index is 0.428. The first-order valence-corrected chi connectivity index (χ1v) is 6.69. The molecule has 0 aromatic heterocycles. The highest BCUT2D eigenvalue weighted by Crippen LogP contribution is 2.34. The van der Waals surface area contributed by atoms with Crippen molar-refractivity contribution in [2.45, 2.75) is 4.90 Å². The first-order chi connectivity index (χ1) is 7.69. The maximum absolute atomic E-state index is 12.2. The Kier molecular flexibility index (Phi) is 2.05. The van der Waals surface area contributed by atoms with Gasteiger partial charge in [0.15, 0.2) is 0 Å². The highest BCUT2D eigenvalue weighted by Gasteiger charge is 2.33. The molecule has 1 N–H and O–H groups in total. The van der Waals surface area contributed by atoms with Crippen LogP contribution in [0, 0.1) is 0 Å². The highest BCUT2D eigenvalue weighted by molar-refractivity contribution is 7.95. The second kappa shape index (κ2) is 3.33. The Morgan fingerprint density at radius 3 is 2.75 bits per heavy atom. The molecule has 0 bridgehead atoms. The van der Waals surface area contributed by atoms with E-state index in [1.807, 2.05) is 17.0 Å². The molecule has 1 fully saturated rings. The van der Waals surface area contributed by atoms with Gasteiger partial charge in [0.25, 0.3) is 0 Å². The van der Waals surface area contributed by atoms with Crippen molar-refractivity contribution in [2.75, 3.05) is 19.8 Å². The van der Waals surface area contributed by atoms with Crippen molar-refractivity contribution in [1.82, 2.24) is 10.2 Å². The predicted molar refractivity (Wildman–Crippen MR) is 61.2 cm³/mol. The molecule has 0 spiro atoms. The number of sulfone groups is 1. The van der Waals surface area contributed by atoms with E-state index in [0.29, 0.717) is 16.6 Å². The third kappa shape index (κ3) is 1.28. The van der Waals surface area contributed by atoms with E-state index in [1.165, 1.54) is 0 Å². The number of nitrogens with zero attached hydrogens (tertiary/aromatic N) is 1. The Morgan fingerprint density at radius 2 is 2.06 bits per heavy atom. The number of hydrogen-bond donors (Lipinski definition) is 1. The quantitative estimate of drug-likeness (QED) is 0.777. The third-order valence-corrected chi connectivity index (χ3v) is 4.81. The number of benzene rings is 1. The lowest BCUT2D eigenvalue weighted by molar-refractivity contribution is 0.443. The SMILES string of the molecule is O=S1(=O)C(N2CCNC2)=Cc2ccccc21. The van der Waals surface area contributed by atoms with Crippen LogP contribution in [0.3, 0.4) is 0 Å². The average molecular weight is 236 g/mol. The van der Waals surface area contributed by atoms with Crippen LogP contribution in [-0.4, -0.2) is 33.1 Å². The molecule has 4 nitrogen and oxygen atoms in total. The van der Waals surface area contributed by atoms with Crippen molar-refractivity contribution in [2.24, 2.45) is 0 Å². The molecule has 1 aromatic rings. The lowest BCUT2D eigenvalue weighted by atomic mass is 10.2. The molecule has 3 rings (SSSR count). The Bertz CT molecular complexity index is 557. The van der Waals surface area contributed by atoms with Crippen LogP contribution in [-0.2, 0) is 9.84 Å². The van der Waals surface area contributed by atoms with Gasteiger partial charge >= 0.3 is 0 Å². The molecular formula is C11H12N2O2S. The van der Waals surface area contributed by atoms with Gasteiger partial charge in [-0.2, -0.15) is 0 Å². The van der Waals surface area contributed by atoms with Crippen LogP contribution in [0.2, 0.25) is 0 Å². The third-order valence-electron chi connectivity index (χ3n) is 2.94. The Morgan fingerprint density at radius 1 is 1.25 bits per heavy atom. The van der Waals surface area contributed by atoms with Gasteiger partial charge in [-0.3, -0.25) is 5.32 Å². The van der Waals surface area contributed by atoms with Crippen LogP contribution >= 0.6 is 0 Å². The van der Waals surface area contributed by atoms with Gasteiger partial charge in [-0.1, -0.05) is 18.2 Å². The molecule has 84 valence electrons. The Labute approximate surface area is 94.5 Å². The molecule has 16 heavy (non-hydrogen) atoms. The lowest BCUT2D eigenvalue weighted by Gasteiger charge is -2.16. The van der Waals surface area contributed by atoms with Gasteiger partial charge in [0, 0.05) is 13.1 Å². The van der Waals surface area contributed by atoms with Gasteiger partial charge in [-0.15, -0.1) is 0 Å². The summed E-state index contributed by atoms with van der Waals surface area (Å²) in [6, 6.07) is 7.12. The number of nitrogens with one attached hydrogen (secondary N) is 1. The molecule has 0 atom stereocenters. The lowest BCUT2D eigenvalue weighted by Crippen LogP contribution is -2.24. The second-order valence-corrected chi connectivity index (χ2v) is 5.81. The zero-order valence-corrected chi connectivity index (χ0v) is 9.50. The van der Waals surface area contributed by atoms with E-state index in [0.717, 1.165) is 18.7 Å². The second-order valence-electron chi connectivity index (χ2n) is 3.95. The Hall–Kier alpha value is -1.33.